The number of aromatic nitrogens is 2. The van der Waals surface area contributed by atoms with Gasteiger partial charge < -0.3 is 14.8 Å². The smallest absolute Gasteiger partial charge is 0.269 e. The molecule has 0 spiro atoms. The Bertz CT molecular complexity index is 1240. The van der Waals surface area contributed by atoms with E-state index < -0.39 is 11.5 Å². The Hall–Kier alpha value is -3.96. The van der Waals surface area contributed by atoms with E-state index in [1.165, 1.54) is 10.5 Å². The lowest BCUT2D eigenvalue weighted by atomic mass is 10.1. The first-order chi connectivity index (χ1) is 16.1. The molecule has 8 nitrogen and oxygen atoms in total. The summed E-state index contributed by atoms with van der Waals surface area (Å²) >= 11 is 0. The Morgan fingerprint density at radius 3 is 2.70 bits per heavy atom. The maximum absolute atomic E-state index is 13.2. The lowest BCUT2D eigenvalue weighted by Gasteiger charge is -2.11. The average molecular weight is 447 g/mol. The molecule has 3 rings (SSSR count). The van der Waals surface area contributed by atoms with Crippen molar-refractivity contribution in [2.24, 2.45) is 0 Å². The van der Waals surface area contributed by atoms with Crippen molar-refractivity contribution >= 4 is 17.6 Å². The van der Waals surface area contributed by atoms with Crippen LogP contribution in [0.3, 0.4) is 0 Å². The van der Waals surface area contributed by atoms with Crippen LogP contribution in [0.4, 0.5) is 0 Å². The molecule has 1 amide bonds. The average Bonchev–Trinajstić information content (AvgIpc) is 2.84. The summed E-state index contributed by atoms with van der Waals surface area (Å²) in [5.74, 6) is -0.0648. The largest absolute Gasteiger partial charge is 0.438 e. The first kappa shape index (κ1) is 23.7. The standard InChI is InChI=1S/C25H26N4O4/c1-3-18-9-11-20(12-10-18)33-24-21(25(31)29-14-6-5-8-22(29)28-24)16-19(17-26)23(30)27-13-7-15-32-4-2/h5-6,8-12,14,16H,3-4,7,13,15H2,1-2H3,(H,27,30). The van der Waals surface area contributed by atoms with Gasteiger partial charge in [0.25, 0.3) is 11.5 Å². The Morgan fingerprint density at radius 2 is 2.00 bits per heavy atom. The van der Waals surface area contributed by atoms with Gasteiger partial charge in [-0.3, -0.25) is 14.0 Å². The number of hydrogen-bond donors (Lipinski definition) is 1. The van der Waals surface area contributed by atoms with E-state index in [2.05, 4.69) is 17.2 Å². The zero-order valence-electron chi connectivity index (χ0n) is 18.7. The van der Waals surface area contributed by atoms with Gasteiger partial charge in [-0.2, -0.15) is 10.2 Å². The monoisotopic (exact) mass is 446 g/mol. The van der Waals surface area contributed by atoms with Crippen LogP contribution >= 0.6 is 0 Å². The molecule has 33 heavy (non-hydrogen) atoms. The van der Waals surface area contributed by atoms with Crippen molar-refractivity contribution < 1.29 is 14.3 Å². The molecule has 0 bridgehead atoms. The molecule has 2 aromatic heterocycles. The maximum atomic E-state index is 13.2. The van der Waals surface area contributed by atoms with Crippen LogP contribution in [-0.2, 0) is 16.0 Å². The van der Waals surface area contributed by atoms with Crippen molar-refractivity contribution in [1.29, 1.82) is 5.26 Å². The molecular formula is C25H26N4O4. The number of carbonyl (C=O) groups is 1. The minimum atomic E-state index is -0.579. The molecule has 0 radical (unpaired) electrons. The van der Waals surface area contributed by atoms with Crippen molar-refractivity contribution in [3.8, 4) is 17.7 Å². The SMILES string of the molecule is CCOCCCNC(=O)C(C#N)=Cc1c(Oc2ccc(CC)cc2)nc2ccccn2c1=O. The normalized spacial score (nSPS) is 11.2. The summed E-state index contributed by atoms with van der Waals surface area (Å²) in [5, 5.41) is 12.2. The predicted octanol–water partition coefficient (Wildman–Crippen LogP) is 3.50. The highest BCUT2D eigenvalue weighted by atomic mass is 16.5. The van der Waals surface area contributed by atoms with Crippen LogP contribution in [-0.4, -0.2) is 35.1 Å². The molecule has 8 heteroatoms. The fourth-order valence-corrected chi connectivity index (χ4v) is 3.10. The number of carbonyl (C=O) groups excluding carboxylic acids is 1. The molecule has 0 saturated heterocycles. The Morgan fingerprint density at radius 1 is 1.21 bits per heavy atom. The molecule has 0 aliphatic rings. The number of benzene rings is 1. The summed E-state index contributed by atoms with van der Waals surface area (Å²) in [7, 11) is 0. The lowest BCUT2D eigenvalue weighted by Crippen LogP contribution is -2.27. The second-order valence-corrected chi connectivity index (χ2v) is 7.14. The van der Waals surface area contributed by atoms with Gasteiger partial charge in [-0.1, -0.05) is 25.1 Å². The second kappa shape index (κ2) is 11.6. The first-order valence-corrected chi connectivity index (χ1v) is 10.8. The zero-order valence-corrected chi connectivity index (χ0v) is 18.7. The number of nitrogens with one attached hydrogen (secondary N) is 1. The highest BCUT2D eigenvalue weighted by molar-refractivity contribution is 6.01. The summed E-state index contributed by atoms with van der Waals surface area (Å²) in [6, 6.07) is 14.4. The van der Waals surface area contributed by atoms with Crippen molar-refractivity contribution in [2.75, 3.05) is 19.8 Å². The number of nitrogens with zero attached hydrogens (tertiary/aromatic N) is 3. The van der Waals surface area contributed by atoms with Crippen molar-refractivity contribution in [2.45, 2.75) is 26.7 Å². The summed E-state index contributed by atoms with van der Waals surface area (Å²) < 4.78 is 12.5. The van der Waals surface area contributed by atoms with E-state index in [-0.39, 0.29) is 17.0 Å². The number of rotatable bonds is 10. The number of fused-ring (bicyclic) bond motifs is 1. The topological polar surface area (TPSA) is 106 Å². The van der Waals surface area contributed by atoms with Crippen LogP contribution < -0.4 is 15.6 Å². The Kier molecular flexibility index (Phi) is 8.33. The molecular weight excluding hydrogens is 420 g/mol. The quantitative estimate of drug-likeness (QED) is 0.290. The highest BCUT2D eigenvalue weighted by Gasteiger charge is 2.17. The minimum Gasteiger partial charge on any atom is -0.438 e. The fraction of sp³-hybridized carbons (Fsp3) is 0.280. The third-order valence-electron chi connectivity index (χ3n) is 4.89. The molecule has 1 aromatic carbocycles. The summed E-state index contributed by atoms with van der Waals surface area (Å²) in [5.41, 5.74) is 0.879. The number of pyridine rings is 1. The van der Waals surface area contributed by atoms with Gasteiger partial charge in [0.15, 0.2) is 0 Å². The van der Waals surface area contributed by atoms with Gasteiger partial charge in [0.1, 0.15) is 28.6 Å². The fourth-order valence-electron chi connectivity index (χ4n) is 3.10. The van der Waals surface area contributed by atoms with E-state index in [0.717, 1.165) is 12.0 Å². The lowest BCUT2D eigenvalue weighted by molar-refractivity contribution is -0.117. The second-order valence-electron chi connectivity index (χ2n) is 7.14. The van der Waals surface area contributed by atoms with Gasteiger partial charge in [0.2, 0.25) is 5.88 Å². The van der Waals surface area contributed by atoms with E-state index in [1.54, 1.807) is 36.5 Å². The van der Waals surface area contributed by atoms with Gasteiger partial charge in [-0.25, -0.2) is 0 Å². The van der Waals surface area contributed by atoms with E-state index in [0.29, 0.717) is 37.6 Å². The van der Waals surface area contributed by atoms with Gasteiger partial charge in [0, 0.05) is 26.0 Å². The predicted molar refractivity (Wildman–Crippen MR) is 125 cm³/mol. The molecule has 0 fully saturated rings. The van der Waals surface area contributed by atoms with Gasteiger partial charge in [-0.15, -0.1) is 0 Å². The van der Waals surface area contributed by atoms with Gasteiger partial charge >= 0.3 is 0 Å². The summed E-state index contributed by atoms with van der Waals surface area (Å²) in [6.07, 6.45) is 4.29. The summed E-state index contributed by atoms with van der Waals surface area (Å²) in [6.45, 7) is 5.39. The molecule has 0 aliphatic carbocycles. The first-order valence-electron chi connectivity index (χ1n) is 10.8. The molecule has 0 atom stereocenters. The molecule has 170 valence electrons. The van der Waals surface area contributed by atoms with Gasteiger partial charge in [-0.05, 0) is 55.7 Å². The van der Waals surface area contributed by atoms with Crippen LogP contribution in [0.5, 0.6) is 11.6 Å². The van der Waals surface area contributed by atoms with Crippen molar-refractivity contribution in [1.82, 2.24) is 14.7 Å². The van der Waals surface area contributed by atoms with Crippen molar-refractivity contribution in [3.63, 3.8) is 0 Å². The summed E-state index contributed by atoms with van der Waals surface area (Å²) in [4.78, 5) is 30.2. The number of nitriles is 1. The molecule has 2 heterocycles. The van der Waals surface area contributed by atoms with E-state index in [4.69, 9.17) is 9.47 Å². The number of aryl methyl sites for hydroxylation is 1. The van der Waals surface area contributed by atoms with E-state index >= 15 is 0 Å². The minimum absolute atomic E-state index is 0.0132. The molecule has 0 aliphatic heterocycles. The molecule has 0 saturated carbocycles. The van der Waals surface area contributed by atoms with Crippen LogP contribution in [0, 0.1) is 11.3 Å². The van der Waals surface area contributed by atoms with Gasteiger partial charge in [0.05, 0.1) is 0 Å². The highest BCUT2D eigenvalue weighted by Crippen LogP contribution is 2.24. The van der Waals surface area contributed by atoms with Crippen LogP contribution in [0.2, 0.25) is 0 Å². The Balaban J connectivity index is 1.97. The molecule has 3 aromatic rings. The van der Waals surface area contributed by atoms with E-state index in [9.17, 15) is 14.9 Å². The molecule has 0 unspecified atom stereocenters. The number of amides is 1. The number of ether oxygens (including phenoxy) is 2. The zero-order chi connectivity index (χ0) is 23.6. The van der Waals surface area contributed by atoms with Crippen LogP contribution in [0.25, 0.3) is 11.7 Å². The molecule has 1 N–H and O–H groups in total. The maximum Gasteiger partial charge on any atom is 0.269 e. The van der Waals surface area contributed by atoms with E-state index in [1.807, 2.05) is 25.1 Å². The third-order valence-corrected chi connectivity index (χ3v) is 4.89. The number of hydrogen-bond acceptors (Lipinski definition) is 6. The van der Waals surface area contributed by atoms with Crippen molar-refractivity contribution in [3.05, 3.63) is 75.7 Å². The van der Waals surface area contributed by atoms with Crippen LogP contribution in [0.1, 0.15) is 31.4 Å². The Labute approximate surface area is 192 Å². The third kappa shape index (κ3) is 6.05. The van der Waals surface area contributed by atoms with Crippen LogP contribution in [0.15, 0.2) is 59.0 Å².